The standard InChI is InChI=1S/C18H22N4O2/c1-24-15-3-4-16-13(12-15)2-5-17(20-16)21-9-6-14(7-10-21)22-11-8-19-18(22)23/h2-5,12,14H,6-11H2,1H3,(H,19,23). The third-order valence-corrected chi connectivity index (χ3v) is 5.00. The van der Waals surface area contributed by atoms with Crippen molar-refractivity contribution in [3.63, 3.8) is 0 Å². The van der Waals surface area contributed by atoms with Gasteiger partial charge in [0.25, 0.3) is 0 Å². The Morgan fingerprint density at radius 1 is 1.17 bits per heavy atom. The van der Waals surface area contributed by atoms with E-state index >= 15 is 0 Å². The van der Waals surface area contributed by atoms with Gasteiger partial charge in [0, 0.05) is 37.6 Å². The highest BCUT2D eigenvalue weighted by Gasteiger charge is 2.30. The number of rotatable bonds is 3. The molecule has 2 aromatic rings. The summed E-state index contributed by atoms with van der Waals surface area (Å²) in [4.78, 5) is 20.9. The van der Waals surface area contributed by atoms with Crippen LogP contribution in [0.4, 0.5) is 10.6 Å². The van der Waals surface area contributed by atoms with Gasteiger partial charge in [0.1, 0.15) is 11.6 Å². The molecule has 126 valence electrons. The maximum absolute atomic E-state index is 11.8. The number of fused-ring (bicyclic) bond motifs is 1. The molecule has 6 heteroatoms. The second-order valence-corrected chi connectivity index (χ2v) is 6.37. The van der Waals surface area contributed by atoms with Crippen LogP contribution in [0.5, 0.6) is 5.75 Å². The number of anilines is 1. The van der Waals surface area contributed by atoms with E-state index in [1.54, 1.807) is 7.11 Å². The van der Waals surface area contributed by atoms with Crippen LogP contribution in [0.3, 0.4) is 0 Å². The summed E-state index contributed by atoms with van der Waals surface area (Å²) in [6.45, 7) is 3.47. The van der Waals surface area contributed by atoms with E-state index in [-0.39, 0.29) is 6.03 Å². The number of benzene rings is 1. The van der Waals surface area contributed by atoms with Crippen LogP contribution in [0, 0.1) is 0 Å². The summed E-state index contributed by atoms with van der Waals surface area (Å²) in [5, 5.41) is 3.97. The molecule has 0 spiro atoms. The second kappa shape index (κ2) is 6.19. The van der Waals surface area contributed by atoms with Gasteiger partial charge in [0.05, 0.1) is 12.6 Å². The Balaban J connectivity index is 1.47. The van der Waals surface area contributed by atoms with Crippen LogP contribution in [0.2, 0.25) is 0 Å². The van der Waals surface area contributed by atoms with Crippen LogP contribution >= 0.6 is 0 Å². The summed E-state index contributed by atoms with van der Waals surface area (Å²) in [6, 6.07) is 10.6. The van der Waals surface area contributed by atoms with E-state index in [1.807, 2.05) is 23.1 Å². The molecular formula is C18H22N4O2. The summed E-state index contributed by atoms with van der Waals surface area (Å²) in [5.74, 6) is 1.86. The van der Waals surface area contributed by atoms with Crippen LogP contribution in [-0.4, -0.2) is 55.2 Å². The molecule has 4 rings (SSSR count). The van der Waals surface area contributed by atoms with Crippen molar-refractivity contribution in [3.8, 4) is 5.75 Å². The fourth-order valence-corrected chi connectivity index (χ4v) is 3.64. The zero-order chi connectivity index (χ0) is 16.5. The molecule has 3 heterocycles. The molecule has 2 saturated heterocycles. The molecule has 2 amide bonds. The minimum atomic E-state index is 0.0891. The number of ether oxygens (including phenoxy) is 1. The number of urea groups is 1. The molecule has 0 unspecified atom stereocenters. The van der Waals surface area contributed by atoms with Crippen molar-refractivity contribution in [3.05, 3.63) is 30.3 Å². The minimum Gasteiger partial charge on any atom is -0.497 e. The summed E-state index contributed by atoms with van der Waals surface area (Å²) in [5.41, 5.74) is 0.981. The fourth-order valence-electron chi connectivity index (χ4n) is 3.64. The van der Waals surface area contributed by atoms with Gasteiger partial charge in [0.15, 0.2) is 0 Å². The predicted molar refractivity (Wildman–Crippen MR) is 93.6 cm³/mol. The van der Waals surface area contributed by atoms with Crippen molar-refractivity contribution in [2.75, 3.05) is 38.2 Å². The average molecular weight is 326 g/mol. The molecule has 24 heavy (non-hydrogen) atoms. The third-order valence-electron chi connectivity index (χ3n) is 5.00. The number of pyridine rings is 1. The number of aromatic nitrogens is 1. The quantitative estimate of drug-likeness (QED) is 0.940. The molecular weight excluding hydrogens is 304 g/mol. The van der Waals surface area contributed by atoms with Gasteiger partial charge in [-0.25, -0.2) is 9.78 Å². The van der Waals surface area contributed by atoms with Gasteiger partial charge in [-0.15, -0.1) is 0 Å². The Bertz CT molecular complexity index is 756. The topological polar surface area (TPSA) is 57.7 Å². The first kappa shape index (κ1) is 15.1. The van der Waals surface area contributed by atoms with E-state index in [0.29, 0.717) is 6.04 Å². The molecule has 0 aliphatic carbocycles. The molecule has 0 saturated carbocycles. The summed E-state index contributed by atoms with van der Waals surface area (Å²) in [6.07, 6.45) is 1.99. The summed E-state index contributed by atoms with van der Waals surface area (Å²) < 4.78 is 5.26. The number of carbonyl (C=O) groups is 1. The Kier molecular flexibility index (Phi) is 3.88. The SMILES string of the molecule is COc1ccc2nc(N3CCC(N4CCNC4=O)CC3)ccc2c1. The number of hydrogen-bond donors (Lipinski definition) is 1. The molecule has 1 aromatic heterocycles. The molecule has 6 nitrogen and oxygen atoms in total. The van der Waals surface area contributed by atoms with Gasteiger partial charge in [-0.2, -0.15) is 0 Å². The van der Waals surface area contributed by atoms with Gasteiger partial charge in [-0.3, -0.25) is 0 Å². The van der Waals surface area contributed by atoms with Gasteiger partial charge in [-0.1, -0.05) is 0 Å². The third kappa shape index (κ3) is 2.72. The second-order valence-electron chi connectivity index (χ2n) is 6.37. The van der Waals surface area contributed by atoms with E-state index in [0.717, 1.165) is 61.5 Å². The van der Waals surface area contributed by atoms with E-state index in [2.05, 4.69) is 22.3 Å². The predicted octanol–water partition coefficient (Wildman–Crippen LogP) is 2.24. The summed E-state index contributed by atoms with van der Waals surface area (Å²) >= 11 is 0. The van der Waals surface area contributed by atoms with E-state index < -0.39 is 0 Å². The van der Waals surface area contributed by atoms with Crippen LogP contribution < -0.4 is 15.0 Å². The van der Waals surface area contributed by atoms with Crippen molar-refractivity contribution in [1.29, 1.82) is 0 Å². The Morgan fingerprint density at radius 3 is 2.71 bits per heavy atom. The number of nitrogens with one attached hydrogen (secondary N) is 1. The highest BCUT2D eigenvalue weighted by molar-refractivity contribution is 5.82. The molecule has 0 bridgehead atoms. The maximum atomic E-state index is 11.8. The molecule has 2 aliphatic rings. The number of hydrogen-bond acceptors (Lipinski definition) is 4. The van der Waals surface area contributed by atoms with Crippen molar-refractivity contribution < 1.29 is 9.53 Å². The first-order chi connectivity index (χ1) is 11.7. The van der Waals surface area contributed by atoms with Crippen molar-refractivity contribution in [2.45, 2.75) is 18.9 Å². The highest BCUT2D eigenvalue weighted by Crippen LogP contribution is 2.26. The molecule has 1 aromatic carbocycles. The minimum absolute atomic E-state index is 0.0891. The number of amides is 2. The molecule has 2 fully saturated rings. The zero-order valence-electron chi connectivity index (χ0n) is 13.9. The Morgan fingerprint density at radius 2 is 2.00 bits per heavy atom. The fraction of sp³-hybridized carbons (Fsp3) is 0.444. The van der Waals surface area contributed by atoms with Crippen LogP contribution in [0.25, 0.3) is 10.9 Å². The normalized spacial score (nSPS) is 19.0. The average Bonchev–Trinajstić information content (AvgIpc) is 3.07. The number of carbonyl (C=O) groups excluding carboxylic acids is 1. The first-order valence-electron chi connectivity index (χ1n) is 8.49. The zero-order valence-corrected chi connectivity index (χ0v) is 13.9. The number of piperidine rings is 1. The Labute approximate surface area is 141 Å². The number of methoxy groups -OCH3 is 1. The van der Waals surface area contributed by atoms with E-state index in [1.165, 1.54) is 0 Å². The van der Waals surface area contributed by atoms with Crippen molar-refractivity contribution in [1.82, 2.24) is 15.2 Å². The van der Waals surface area contributed by atoms with Crippen LogP contribution in [-0.2, 0) is 0 Å². The van der Waals surface area contributed by atoms with Gasteiger partial charge in [-0.05, 0) is 43.2 Å². The Hall–Kier alpha value is -2.50. The van der Waals surface area contributed by atoms with Crippen LogP contribution in [0.15, 0.2) is 30.3 Å². The van der Waals surface area contributed by atoms with Crippen molar-refractivity contribution >= 4 is 22.8 Å². The summed E-state index contributed by atoms with van der Waals surface area (Å²) in [7, 11) is 1.67. The number of nitrogens with zero attached hydrogens (tertiary/aromatic N) is 3. The highest BCUT2D eigenvalue weighted by atomic mass is 16.5. The lowest BCUT2D eigenvalue weighted by atomic mass is 10.0. The van der Waals surface area contributed by atoms with E-state index in [9.17, 15) is 4.79 Å². The molecule has 2 aliphatic heterocycles. The van der Waals surface area contributed by atoms with Gasteiger partial charge in [0.2, 0.25) is 0 Å². The lowest BCUT2D eigenvalue weighted by molar-refractivity contribution is 0.186. The monoisotopic (exact) mass is 326 g/mol. The lowest BCUT2D eigenvalue weighted by Gasteiger charge is -2.36. The lowest BCUT2D eigenvalue weighted by Crippen LogP contribution is -2.46. The van der Waals surface area contributed by atoms with Gasteiger partial charge >= 0.3 is 6.03 Å². The molecule has 0 atom stereocenters. The largest absolute Gasteiger partial charge is 0.497 e. The first-order valence-corrected chi connectivity index (χ1v) is 8.49. The van der Waals surface area contributed by atoms with E-state index in [4.69, 9.17) is 9.72 Å². The van der Waals surface area contributed by atoms with Crippen LogP contribution in [0.1, 0.15) is 12.8 Å². The van der Waals surface area contributed by atoms with Crippen molar-refractivity contribution in [2.24, 2.45) is 0 Å². The smallest absolute Gasteiger partial charge is 0.317 e. The van der Waals surface area contributed by atoms with Gasteiger partial charge < -0.3 is 19.9 Å². The molecule has 1 N–H and O–H groups in total. The maximum Gasteiger partial charge on any atom is 0.317 e. The molecule has 0 radical (unpaired) electrons.